The summed E-state index contributed by atoms with van der Waals surface area (Å²) in [4.78, 5) is 17.1. The molecule has 2 aromatic rings. The van der Waals surface area contributed by atoms with Crippen LogP contribution in [0.25, 0.3) is 0 Å². The van der Waals surface area contributed by atoms with Crippen LogP contribution in [0.15, 0.2) is 11.0 Å². The minimum Gasteiger partial charge on any atom is -0.292 e. The molecule has 1 aliphatic heterocycles. The van der Waals surface area contributed by atoms with Crippen LogP contribution in [-0.2, 0) is 13.1 Å². The molecular formula is C18H28N4S2. The van der Waals surface area contributed by atoms with E-state index in [0.717, 1.165) is 26.2 Å². The van der Waals surface area contributed by atoms with Crippen molar-refractivity contribution in [2.24, 2.45) is 0 Å². The van der Waals surface area contributed by atoms with Gasteiger partial charge in [-0.05, 0) is 26.7 Å². The standard InChI is InChI=1S/C18H28N4S2/c1-5-15-7-22(10-18-14(4)20-12-24-18)16(6-2)8-21(15)9-17-13(3)19-11-23-17/h11-12,15-16H,5-10H2,1-4H3/t15-,16-/m0/s1. The first-order chi connectivity index (χ1) is 11.6. The van der Waals surface area contributed by atoms with Gasteiger partial charge in [0.15, 0.2) is 0 Å². The number of hydrogen-bond acceptors (Lipinski definition) is 6. The van der Waals surface area contributed by atoms with Crippen LogP contribution in [0, 0.1) is 13.8 Å². The van der Waals surface area contributed by atoms with Crippen molar-refractivity contribution >= 4 is 22.7 Å². The van der Waals surface area contributed by atoms with Gasteiger partial charge in [-0.25, -0.2) is 9.97 Å². The average molecular weight is 365 g/mol. The summed E-state index contributed by atoms with van der Waals surface area (Å²) in [6, 6.07) is 1.25. The number of aryl methyl sites for hydroxylation is 2. The third kappa shape index (κ3) is 3.87. The van der Waals surface area contributed by atoms with Gasteiger partial charge in [0.25, 0.3) is 0 Å². The van der Waals surface area contributed by atoms with Crippen molar-refractivity contribution in [3.05, 3.63) is 32.2 Å². The summed E-state index contributed by atoms with van der Waals surface area (Å²) in [5.74, 6) is 0. The molecule has 0 saturated carbocycles. The zero-order valence-corrected chi connectivity index (χ0v) is 16.8. The Labute approximate surface area is 153 Å². The van der Waals surface area contributed by atoms with Gasteiger partial charge in [0.05, 0.1) is 22.4 Å². The predicted octanol–water partition coefficient (Wildman–Crippen LogP) is 4.09. The van der Waals surface area contributed by atoms with Crippen LogP contribution >= 0.6 is 22.7 Å². The van der Waals surface area contributed by atoms with Crippen molar-refractivity contribution in [2.75, 3.05) is 13.1 Å². The molecule has 0 aromatic carbocycles. The molecule has 2 aromatic heterocycles. The molecule has 4 nitrogen and oxygen atoms in total. The maximum Gasteiger partial charge on any atom is 0.0798 e. The average Bonchev–Trinajstić information content (AvgIpc) is 3.17. The Kier molecular flexibility index (Phi) is 6.02. The third-order valence-electron chi connectivity index (χ3n) is 5.25. The summed E-state index contributed by atoms with van der Waals surface area (Å²) < 4.78 is 0. The largest absolute Gasteiger partial charge is 0.292 e. The normalized spacial score (nSPS) is 23.0. The van der Waals surface area contributed by atoms with Crippen molar-refractivity contribution < 1.29 is 0 Å². The first kappa shape index (κ1) is 18.0. The third-order valence-corrected chi connectivity index (χ3v) is 7.09. The van der Waals surface area contributed by atoms with E-state index < -0.39 is 0 Å². The fourth-order valence-electron chi connectivity index (χ4n) is 3.56. The molecule has 0 amide bonds. The molecular weight excluding hydrogens is 336 g/mol. The second kappa shape index (κ2) is 8.04. The summed E-state index contributed by atoms with van der Waals surface area (Å²) in [6.45, 7) is 13.3. The fourth-order valence-corrected chi connectivity index (χ4v) is 5.16. The topological polar surface area (TPSA) is 32.3 Å². The van der Waals surface area contributed by atoms with E-state index in [1.807, 2.05) is 11.0 Å². The van der Waals surface area contributed by atoms with Crippen molar-refractivity contribution in [1.82, 2.24) is 19.8 Å². The van der Waals surface area contributed by atoms with Crippen LogP contribution in [-0.4, -0.2) is 44.9 Å². The lowest BCUT2D eigenvalue weighted by atomic mass is 10.0. The minimum atomic E-state index is 0.627. The Morgan fingerprint density at radius 3 is 1.58 bits per heavy atom. The highest BCUT2D eigenvalue weighted by Crippen LogP contribution is 2.26. The smallest absolute Gasteiger partial charge is 0.0798 e. The summed E-state index contributed by atoms with van der Waals surface area (Å²) in [5.41, 5.74) is 6.36. The molecule has 2 atom stereocenters. The predicted molar refractivity (Wildman–Crippen MR) is 103 cm³/mol. The lowest BCUT2D eigenvalue weighted by Crippen LogP contribution is -2.57. The molecule has 0 aliphatic carbocycles. The molecule has 1 fully saturated rings. The summed E-state index contributed by atoms with van der Waals surface area (Å²) in [6.07, 6.45) is 2.40. The summed E-state index contributed by atoms with van der Waals surface area (Å²) in [5, 5.41) is 0. The molecule has 1 aliphatic rings. The summed E-state index contributed by atoms with van der Waals surface area (Å²) in [7, 11) is 0. The number of piperazine rings is 1. The maximum absolute atomic E-state index is 4.42. The molecule has 0 N–H and O–H groups in total. The van der Waals surface area contributed by atoms with Gasteiger partial charge in [-0.2, -0.15) is 0 Å². The fraction of sp³-hybridized carbons (Fsp3) is 0.667. The Balaban J connectivity index is 1.72. The van der Waals surface area contributed by atoms with Gasteiger partial charge in [0.2, 0.25) is 0 Å². The van der Waals surface area contributed by atoms with Crippen LogP contribution in [0.4, 0.5) is 0 Å². The second-order valence-electron chi connectivity index (χ2n) is 6.70. The van der Waals surface area contributed by atoms with E-state index in [9.17, 15) is 0 Å². The Morgan fingerprint density at radius 2 is 1.29 bits per heavy atom. The summed E-state index contributed by atoms with van der Waals surface area (Å²) >= 11 is 3.60. The van der Waals surface area contributed by atoms with E-state index in [2.05, 4.69) is 47.5 Å². The SMILES string of the molecule is CC[C@H]1CN(Cc2scnc2C)[C@@H](CC)CN1Cc1scnc1C. The highest BCUT2D eigenvalue weighted by atomic mass is 32.1. The zero-order valence-electron chi connectivity index (χ0n) is 15.2. The molecule has 0 spiro atoms. The second-order valence-corrected chi connectivity index (χ2v) is 8.58. The Hall–Kier alpha value is -0.820. The van der Waals surface area contributed by atoms with E-state index in [0.29, 0.717) is 12.1 Å². The van der Waals surface area contributed by atoms with Gasteiger partial charge < -0.3 is 0 Å². The van der Waals surface area contributed by atoms with Gasteiger partial charge >= 0.3 is 0 Å². The van der Waals surface area contributed by atoms with Crippen LogP contribution in [0.3, 0.4) is 0 Å². The van der Waals surface area contributed by atoms with Gasteiger partial charge in [-0.3, -0.25) is 9.80 Å². The maximum atomic E-state index is 4.42. The number of aromatic nitrogens is 2. The van der Waals surface area contributed by atoms with Crippen LogP contribution in [0.1, 0.15) is 47.8 Å². The highest BCUT2D eigenvalue weighted by molar-refractivity contribution is 7.10. The number of rotatable bonds is 6. The molecule has 3 rings (SSSR count). The van der Waals surface area contributed by atoms with E-state index in [1.165, 1.54) is 34.0 Å². The van der Waals surface area contributed by atoms with Crippen molar-refractivity contribution in [1.29, 1.82) is 0 Å². The molecule has 0 radical (unpaired) electrons. The molecule has 0 unspecified atom stereocenters. The van der Waals surface area contributed by atoms with E-state index in [1.54, 1.807) is 22.7 Å². The van der Waals surface area contributed by atoms with Crippen molar-refractivity contribution in [2.45, 2.75) is 65.7 Å². The lowest BCUT2D eigenvalue weighted by Gasteiger charge is -2.46. The number of hydrogen-bond donors (Lipinski definition) is 0. The van der Waals surface area contributed by atoms with Crippen LogP contribution in [0.5, 0.6) is 0 Å². The minimum absolute atomic E-state index is 0.627. The van der Waals surface area contributed by atoms with E-state index in [-0.39, 0.29) is 0 Å². The molecule has 1 saturated heterocycles. The lowest BCUT2D eigenvalue weighted by molar-refractivity contribution is 0.0159. The first-order valence-corrected chi connectivity index (χ1v) is 10.6. The number of nitrogens with zero attached hydrogens (tertiary/aromatic N) is 4. The quantitative estimate of drug-likeness (QED) is 0.773. The van der Waals surface area contributed by atoms with Crippen molar-refractivity contribution in [3.8, 4) is 0 Å². The molecule has 6 heteroatoms. The van der Waals surface area contributed by atoms with Crippen molar-refractivity contribution in [3.63, 3.8) is 0 Å². The molecule has 24 heavy (non-hydrogen) atoms. The van der Waals surface area contributed by atoms with Crippen LogP contribution in [0.2, 0.25) is 0 Å². The van der Waals surface area contributed by atoms with Gasteiger partial charge in [0, 0.05) is 48.0 Å². The Morgan fingerprint density at radius 1 is 0.875 bits per heavy atom. The van der Waals surface area contributed by atoms with Gasteiger partial charge in [-0.15, -0.1) is 22.7 Å². The monoisotopic (exact) mass is 364 g/mol. The number of thiazole rings is 2. The molecule has 0 bridgehead atoms. The van der Waals surface area contributed by atoms with Gasteiger partial charge in [0.1, 0.15) is 0 Å². The zero-order chi connectivity index (χ0) is 17.1. The van der Waals surface area contributed by atoms with E-state index in [4.69, 9.17) is 0 Å². The Bertz CT molecular complexity index is 595. The highest BCUT2D eigenvalue weighted by Gasteiger charge is 2.32. The molecule has 3 heterocycles. The van der Waals surface area contributed by atoms with Gasteiger partial charge in [-0.1, -0.05) is 13.8 Å². The molecule has 132 valence electrons. The first-order valence-electron chi connectivity index (χ1n) is 8.88. The van der Waals surface area contributed by atoms with Crippen LogP contribution < -0.4 is 0 Å². The van der Waals surface area contributed by atoms with E-state index >= 15 is 0 Å².